The summed E-state index contributed by atoms with van der Waals surface area (Å²) < 4.78 is 19.6. The van der Waals surface area contributed by atoms with Gasteiger partial charge in [-0.25, -0.2) is 9.37 Å². The smallest absolute Gasteiger partial charge is 0.253 e. The Kier molecular flexibility index (Phi) is 4.20. The normalized spacial score (nSPS) is 28.0. The summed E-state index contributed by atoms with van der Waals surface area (Å²) in [6.45, 7) is 3.13. The number of oxazole rings is 1. The maximum Gasteiger partial charge on any atom is 0.253 e. The summed E-state index contributed by atoms with van der Waals surface area (Å²) in [7, 11) is 0. The Bertz CT molecular complexity index is 812. The van der Waals surface area contributed by atoms with E-state index >= 15 is 0 Å². The fraction of sp³-hybridized carbons (Fsp3) is 0.556. The van der Waals surface area contributed by atoms with Crippen LogP contribution in [-0.4, -0.2) is 41.5 Å². The lowest BCUT2D eigenvalue weighted by Gasteiger charge is -2.44. The SMILES string of the molecule is Cl.O=C(N[C@@H]1CN2CCC1CC2)c1cc(F)cc2oc(C3CC3)nc12. The molecule has 0 radical (unpaired) electrons. The summed E-state index contributed by atoms with van der Waals surface area (Å²) in [5, 5.41) is 3.11. The van der Waals surface area contributed by atoms with E-state index in [0.29, 0.717) is 28.8 Å². The van der Waals surface area contributed by atoms with Crippen molar-refractivity contribution < 1.29 is 13.6 Å². The molecule has 0 unspecified atom stereocenters. The van der Waals surface area contributed by atoms with Gasteiger partial charge in [-0.15, -0.1) is 12.4 Å². The van der Waals surface area contributed by atoms with Crippen molar-refractivity contribution in [2.45, 2.75) is 37.6 Å². The lowest BCUT2D eigenvalue weighted by atomic mass is 9.84. The molecule has 4 heterocycles. The van der Waals surface area contributed by atoms with Gasteiger partial charge in [0, 0.05) is 24.6 Å². The second-order valence-corrected chi connectivity index (χ2v) is 7.34. The topological polar surface area (TPSA) is 58.4 Å². The number of nitrogens with zero attached hydrogens (tertiary/aromatic N) is 2. The average molecular weight is 366 g/mol. The third-order valence-electron chi connectivity index (χ3n) is 5.62. The Morgan fingerprint density at radius 3 is 2.64 bits per heavy atom. The number of amides is 1. The number of hydrogen-bond donors (Lipinski definition) is 1. The minimum atomic E-state index is -0.458. The van der Waals surface area contributed by atoms with E-state index in [2.05, 4.69) is 15.2 Å². The molecule has 25 heavy (non-hydrogen) atoms. The Labute approximate surface area is 151 Å². The predicted octanol–water partition coefficient (Wildman–Crippen LogP) is 3.09. The Morgan fingerprint density at radius 1 is 1.24 bits per heavy atom. The molecule has 4 aliphatic rings. The quantitative estimate of drug-likeness (QED) is 0.908. The van der Waals surface area contributed by atoms with Crippen molar-refractivity contribution in [3.63, 3.8) is 0 Å². The van der Waals surface area contributed by atoms with Gasteiger partial charge in [-0.2, -0.15) is 0 Å². The van der Waals surface area contributed by atoms with Crippen molar-refractivity contribution in [1.82, 2.24) is 15.2 Å². The molecule has 1 atom stereocenters. The standard InChI is InChI=1S/C18H20FN3O2.ClH/c19-12-7-13(16-15(8-12)24-18(21-16)11-1-2-11)17(23)20-14-9-22-5-3-10(14)4-6-22;/h7-8,10-11,14H,1-6,9H2,(H,20,23);1H/t14-;/m1./s1. The van der Waals surface area contributed by atoms with E-state index in [4.69, 9.17) is 4.42 Å². The number of aromatic nitrogens is 1. The number of carbonyl (C=O) groups excluding carboxylic acids is 1. The zero-order valence-corrected chi connectivity index (χ0v) is 14.7. The number of carbonyl (C=O) groups is 1. The first kappa shape index (κ1) is 16.8. The summed E-state index contributed by atoms with van der Waals surface area (Å²) in [6.07, 6.45) is 4.35. The molecule has 6 rings (SSSR count). The fourth-order valence-corrected chi connectivity index (χ4v) is 4.07. The van der Waals surface area contributed by atoms with E-state index in [1.807, 2.05) is 0 Å². The van der Waals surface area contributed by atoms with Gasteiger partial charge in [0.25, 0.3) is 5.91 Å². The van der Waals surface area contributed by atoms with Gasteiger partial charge in [-0.1, -0.05) is 0 Å². The largest absolute Gasteiger partial charge is 0.440 e. The summed E-state index contributed by atoms with van der Waals surface area (Å²) >= 11 is 0. The van der Waals surface area contributed by atoms with Crippen molar-refractivity contribution in [3.8, 4) is 0 Å². The van der Waals surface area contributed by atoms with E-state index in [0.717, 1.165) is 45.3 Å². The number of nitrogens with one attached hydrogen (secondary N) is 1. The summed E-state index contributed by atoms with van der Waals surface area (Å²) in [6, 6.07) is 2.74. The first-order chi connectivity index (χ1) is 11.7. The third-order valence-corrected chi connectivity index (χ3v) is 5.62. The van der Waals surface area contributed by atoms with E-state index in [1.165, 1.54) is 12.1 Å². The first-order valence-electron chi connectivity index (χ1n) is 8.80. The maximum absolute atomic E-state index is 13.9. The van der Waals surface area contributed by atoms with Gasteiger partial charge < -0.3 is 14.6 Å². The van der Waals surface area contributed by atoms with Crippen LogP contribution in [0.2, 0.25) is 0 Å². The van der Waals surface area contributed by atoms with Crippen LogP contribution >= 0.6 is 12.4 Å². The van der Waals surface area contributed by atoms with Crippen LogP contribution in [0.5, 0.6) is 0 Å². The first-order valence-corrected chi connectivity index (χ1v) is 8.80. The molecule has 2 bridgehead atoms. The van der Waals surface area contributed by atoms with E-state index in [1.54, 1.807) is 0 Å². The molecule has 3 saturated heterocycles. The summed E-state index contributed by atoms with van der Waals surface area (Å²) in [4.78, 5) is 19.6. The van der Waals surface area contributed by atoms with Crippen LogP contribution in [-0.2, 0) is 0 Å². The van der Waals surface area contributed by atoms with Crippen LogP contribution in [0.15, 0.2) is 16.5 Å². The molecule has 1 aromatic carbocycles. The molecule has 2 aromatic rings. The van der Waals surface area contributed by atoms with Crippen molar-refractivity contribution in [2.75, 3.05) is 19.6 Å². The number of rotatable bonds is 3. The lowest BCUT2D eigenvalue weighted by molar-refractivity contribution is 0.0621. The maximum atomic E-state index is 13.9. The van der Waals surface area contributed by atoms with Crippen molar-refractivity contribution in [3.05, 3.63) is 29.4 Å². The Morgan fingerprint density at radius 2 is 2.00 bits per heavy atom. The van der Waals surface area contributed by atoms with Gasteiger partial charge in [0.05, 0.1) is 5.56 Å². The molecule has 1 saturated carbocycles. The number of halogens is 2. The second kappa shape index (κ2) is 6.25. The summed E-state index contributed by atoms with van der Waals surface area (Å²) in [5.41, 5.74) is 1.14. The van der Waals surface area contributed by atoms with Crippen LogP contribution in [0, 0.1) is 11.7 Å². The zero-order chi connectivity index (χ0) is 16.3. The van der Waals surface area contributed by atoms with Gasteiger partial charge >= 0.3 is 0 Å². The Balaban J connectivity index is 0.00000157. The van der Waals surface area contributed by atoms with Gasteiger partial charge in [-0.05, 0) is 50.8 Å². The Hall–Kier alpha value is -1.66. The van der Waals surface area contributed by atoms with Gasteiger partial charge in [0.2, 0.25) is 0 Å². The van der Waals surface area contributed by atoms with Crippen LogP contribution in [0.4, 0.5) is 4.39 Å². The molecule has 0 spiro atoms. The lowest BCUT2D eigenvalue weighted by Crippen LogP contribution is -2.57. The second-order valence-electron chi connectivity index (χ2n) is 7.34. The molecular weight excluding hydrogens is 345 g/mol. The number of hydrogen-bond acceptors (Lipinski definition) is 4. The summed E-state index contributed by atoms with van der Waals surface area (Å²) in [5.74, 6) is 0.794. The van der Waals surface area contributed by atoms with Crippen molar-refractivity contribution in [2.24, 2.45) is 5.92 Å². The highest BCUT2D eigenvalue weighted by molar-refractivity contribution is 6.04. The molecule has 1 N–H and O–H groups in total. The van der Waals surface area contributed by atoms with Gasteiger partial charge in [0.1, 0.15) is 11.3 Å². The molecule has 134 valence electrons. The third kappa shape index (κ3) is 3.02. The predicted molar refractivity (Wildman–Crippen MR) is 93.6 cm³/mol. The highest BCUT2D eigenvalue weighted by Crippen LogP contribution is 2.41. The van der Waals surface area contributed by atoms with Crippen LogP contribution in [0.25, 0.3) is 11.1 Å². The van der Waals surface area contributed by atoms with Gasteiger partial charge in [0.15, 0.2) is 11.5 Å². The molecule has 1 aliphatic carbocycles. The highest BCUT2D eigenvalue weighted by atomic mass is 35.5. The molecular formula is C18H21ClFN3O2. The number of fused-ring (bicyclic) bond motifs is 4. The fourth-order valence-electron chi connectivity index (χ4n) is 4.07. The monoisotopic (exact) mass is 365 g/mol. The number of benzene rings is 1. The van der Waals surface area contributed by atoms with Crippen LogP contribution < -0.4 is 5.32 Å². The molecule has 1 amide bonds. The van der Waals surface area contributed by atoms with Crippen LogP contribution in [0.3, 0.4) is 0 Å². The zero-order valence-electron chi connectivity index (χ0n) is 13.8. The number of piperidine rings is 3. The van der Waals surface area contributed by atoms with E-state index < -0.39 is 5.82 Å². The molecule has 4 fully saturated rings. The highest BCUT2D eigenvalue weighted by Gasteiger charge is 2.35. The molecule has 5 nitrogen and oxygen atoms in total. The van der Waals surface area contributed by atoms with Crippen molar-refractivity contribution in [1.29, 1.82) is 0 Å². The molecule has 7 heteroatoms. The van der Waals surface area contributed by atoms with E-state index in [-0.39, 0.29) is 29.9 Å². The minimum Gasteiger partial charge on any atom is -0.440 e. The average Bonchev–Trinajstić information content (AvgIpc) is 3.35. The van der Waals surface area contributed by atoms with E-state index in [9.17, 15) is 9.18 Å². The van der Waals surface area contributed by atoms with Crippen molar-refractivity contribution >= 4 is 29.4 Å². The molecule has 3 aliphatic heterocycles. The van der Waals surface area contributed by atoms with Gasteiger partial charge in [-0.3, -0.25) is 4.79 Å². The molecule has 1 aromatic heterocycles. The minimum absolute atomic E-state index is 0. The van der Waals surface area contributed by atoms with Crippen LogP contribution in [0.1, 0.15) is 47.8 Å².